The fraction of sp³-hybridized carbons (Fsp3) is 1.00. The molecule has 2 atom stereocenters. The molecule has 108 valence electrons. The SMILES string of the molecule is OCCCCCC1CNCC(CCCCCO)N1. The number of aliphatic hydroxyl groups is 2. The maximum absolute atomic E-state index is 8.74. The van der Waals surface area contributed by atoms with Gasteiger partial charge in [0, 0.05) is 38.4 Å². The first-order chi connectivity index (χ1) is 8.86. The Morgan fingerprint density at radius 3 is 1.67 bits per heavy atom. The van der Waals surface area contributed by atoms with E-state index in [0.29, 0.717) is 25.3 Å². The molecular weight excluding hydrogens is 228 g/mol. The summed E-state index contributed by atoms with van der Waals surface area (Å²) in [6.07, 6.45) is 8.97. The largest absolute Gasteiger partial charge is 0.396 e. The van der Waals surface area contributed by atoms with Gasteiger partial charge in [-0.15, -0.1) is 0 Å². The Bertz CT molecular complexity index is 173. The summed E-state index contributed by atoms with van der Waals surface area (Å²) in [6.45, 7) is 2.80. The van der Waals surface area contributed by atoms with E-state index in [0.717, 1.165) is 38.8 Å². The first-order valence-corrected chi connectivity index (χ1v) is 7.55. The van der Waals surface area contributed by atoms with Crippen LogP contribution in [0.15, 0.2) is 0 Å². The van der Waals surface area contributed by atoms with Crippen LogP contribution in [-0.4, -0.2) is 48.6 Å². The van der Waals surface area contributed by atoms with Gasteiger partial charge in [0.25, 0.3) is 0 Å². The minimum absolute atomic E-state index is 0.323. The standard InChI is InChI=1S/C14H30N2O2/c17-9-5-1-3-7-13-11-15-12-14(16-13)8-4-2-6-10-18/h13-18H,1-12H2. The van der Waals surface area contributed by atoms with Crippen molar-refractivity contribution in [1.29, 1.82) is 0 Å². The molecule has 0 radical (unpaired) electrons. The smallest absolute Gasteiger partial charge is 0.0431 e. The molecule has 1 fully saturated rings. The molecule has 4 heteroatoms. The highest BCUT2D eigenvalue weighted by molar-refractivity contribution is 4.83. The molecule has 0 spiro atoms. The van der Waals surface area contributed by atoms with Crippen molar-refractivity contribution in [2.45, 2.75) is 63.5 Å². The van der Waals surface area contributed by atoms with E-state index in [2.05, 4.69) is 10.6 Å². The van der Waals surface area contributed by atoms with Gasteiger partial charge in [-0.05, 0) is 25.7 Å². The highest BCUT2D eigenvalue weighted by atomic mass is 16.3. The van der Waals surface area contributed by atoms with E-state index in [4.69, 9.17) is 10.2 Å². The zero-order chi connectivity index (χ0) is 13.1. The third-order valence-corrected chi connectivity index (χ3v) is 3.67. The Morgan fingerprint density at radius 2 is 1.22 bits per heavy atom. The van der Waals surface area contributed by atoms with Gasteiger partial charge in [-0.25, -0.2) is 0 Å². The van der Waals surface area contributed by atoms with Crippen LogP contribution in [0.4, 0.5) is 0 Å². The van der Waals surface area contributed by atoms with Gasteiger partial charge in [0.1, 0.15) is 0 Å². The van der Waals surface area contributed by atoms with Crippen LogP contribution in [0.3, 0.4) is 0 Å². The van der Waals surface area contributed by atoms with Crippen LogP contribution < -0.4 is 10.6 Å². The molecule has 1 aliphatic heterocycles. The van der Waals surface area contributed by atoms with E-state index < -0.39 is 0 Å². The molecule has 1 rings (SSSR count). The van der Waals surface area contributed by atoms with Gasteiger partial charge in [0.05, 0.1) is 0 Å². The molecule has 0 bridgehead atoms. The Hall–Kier alpha value is -0.160. The number of hydrogen-bond acceptors (Lipinski definition) is 4. The van der Waals surface area contributed by atoms with E-state index in [1.165, 1.54) is 25.7 Å². The first kappa shape index (κ1) is 15.9. The minimum atomic E-state index is 0.323. The summed E-state index contributed by atoms with van der Waals surface area (Å²) in [5, 5.41) is 24.7. The maximum atomic E-state index is 8.74. The van der Waals surface area contributed by atoms with Crippen LogP contribution in [0.2, 0.25) is 0 Å². The molecule has 18 heavy (non-hydrogen) atoms. The van der Waals surface area contributed by atoms with E-state index in [-0.39, 0.29) is 0 Å². The molecule has 1 aliphatic rings. The second kappa shape index (κ2) is 10.7. The lowest BCUT2D eigenvalue weighted by Gasteiger charge is -2.32. The summed E-state index contributed by atoms with van der Waals surface area (Å²) in [6, 6.07) is 1.19. The van der Waals surface area contributed by atoms with Crippen molar-refractivity contribution in [1.82, 2.24) is 10.6 Å². The van der Waals surface area contributed by atoms with Crippen LogP contribution in [0, 0.1) is 0 Å². The van der Waals surface area contributed by atoms with E-state index in [1.807, 2.05) is 0 Å². The van der Waals surface area contributed by atoms with Crippen LogP contribution in [-0.2, 0) is 0 Å². The summed E-state index contributed by atoms with van der Waals surface area (Å²) in [5.41, 5.74) is 0. The minimum Gasteiger partial charge on any atom is -0.396 e. The van der Waals surface area contributed by atoms with Crippen molar-refractivity contribution in [3.05, 3.63) is 0 Å². The fourth-order valence-electron chi connectivity index (χ4n) is 2.61. The van der Waals surface area contributed by atoms with Crippen molar-refractivity contribution in [3.63, 3.8) is 0 Å². The molecule has 0 aliphatic carbocycles. The molecule has 4 nitrogen and oxygen atoms in total. The van der Waals surface area contributed by atoms with Crippen molar-refractivity contribution < 1.29 is 10.2 Å². The van der Waals surface area contributed by atoms with Crippen LogP contribution in [0.25, 0.3) is 0 Å². The van der Waals surface area contributed by atoms with E-state index >= 15 is 0 Å². The highest BCUT2D eigenvalue weighted by Gasteiger charge is 2.19. The summed E-state index contributed by atoms with van der Waals surface area (Å²) < 4.78 is 0. The lowest BCUT2D eigenvalue weighted by atomic mass is 10.0. The van der Waals surface area contributed by atoms with Crippen molar-refractivity contribution in [2.24, 2.45) is 0 Å². The van der Waals surface area contributed by atoms with E-state index in [9.17, 15) is 0 Å². The Kier molecular flexibility index (Phi) is 9.48. The summed E-state index contributed by atoms with van der Waals surface area (Å²) in [4.78, 5) is 0. The Balaban J connectivity index is 2.04. The van der Waals surface area contributed by atoms with Gasteiger partial charge in [-0.2, -0.15) is 0 Å². The number of nitrogens with one attached hydrogen (secondary N) is 2. The lowest BCUT2D eigenvalue weighted by molar-refractivity contribution is 0.268. The van der Waals surface area contributed by atoms with Crippen molar-refractivity contribution >= 4 is 0 Å². The third-order valence-electron chi connectivity index (χ3n) is 3.67. The molecule has 0 aromatic carbocycles. The molecule has 2 unspecified atom stereocenters. The second-order valence-electron chi connectivity index (χ2n) is 5.36. The molecule has 4 N–H and O–H groups in total. The molecule has 1 heterocycles. The summed E-state index contributed by atoms with van der Waals surface area (Å²) in [5.74, 6) is 0. The average Bonchev–Trinajstić information content (AvgIpc) is 2.40. The van der Waals surface area contributed by atoms with Gasteiger partial charge in [-0.3, -0.25) is 0 Å². The number of hydrogen-bond donors (Lipinski definition) is 4. The maximum Gasteiger partial charge on any atom is 0.0431 e. The number of unbranched alkanes of at least 4 members (excludes halogenated alkanes) is 4. The first-order valence-electron chi connectivity index (χ1n) is 7.55. The Morgan fingerprint density at radius 1 is 0.722 bits per heavy atom. The van der Waals surface area contributed by atoms with Crippen LogP contribution in [0.1, 0.15) is 51.4 Å². The molecular formula is C14H30N2O2. The average molecular weight is 258 g/mol. The van der Waals surface area contributed by atoms with Gasteiger partial charge < -0.3 is 20.8 Å². The van der Waals surface area contributed by atoms with Gasteiger partial charge in [-0.1, -0.05) is 25.7 Å². The molecule has 0 aromatic rings. The normalized spacial score (nSPS) is 24.3. The summed E-state index contributed by atoms with van der Waals surface area (Å²) >= 11 is 0. The van der Waals surface area contributed by atoms with Crippen molar-refractivity contribution in [2.75, 3.05) is 26.3 Å². The molecule has 1 saturated heterocycles. The second-order valence-corrected chi connectivity index (χ2v) is 5.36. The molecule has 0 saturated carbocycles. The van der Waals surface area contributed by atoms with Gasteiger partial charge in [0.2, 0.25) is 0 Å². The highest BCUT2D eigenvalue weighted by Crippen LogP contribution is 2.10. The summed E-state index contributed by atoms with van der Waals surface area (Å²) in [7, 11) is 0. The third kappa shape index (κ3) is 7.31. The number of aliphatic hydroxyl groups excluding tert-OH is 2. The van der Waals surface area contributed by atoms with E-state index in [1.54, 1.807) is 0 Å². The monoisotopic (exact) mass is 258 g/mol. The topological polar surface area (TPSA) is 64.5 Å². The van der Waals surface area contributed by atoms with Crippen molar-refractivity contribution in [3.8, 4) is 0 Å². The van der Waals surface area contributed by atoms with Gasteiger partial charge >= 0.3 is 0 Å². The zero-order valence-corrected chi connectivity index (χ0v) is 11.5. The lowest BCUT2D eigenvalue weighted by Crippen LogP contribution is -2.54. The predicted molar refractivity (Wildman–Crippen MR) is 74.7 cm³/mol. The Labute approximate surface area is 111 Å². The molecule has 0 amide bonds. The van der Waals surface area contributed by atoms with Crippen LogP contribution >= 0.6 is 0 Å². The molecule has 0 aromatic heterocycles. The quantitative estimate of drug-likeness (QED) is 0.442. The number of rotatable bonds is 10. The zero-order valence-electron chi connectivity index (χ0n) is 11.5. The fourth-order valence-corrected chi connectivity index (χ4v) is 2.61. The van der Waals surface area contributed by atoms with Gasteiger partial charge in [0.15, 0.2) is 0 Å². The van der Waals surface area contributed by atoms with Crippen LogP contribution in [0.5, 0.6) is 0 Å². The number of piperazine rings is 1. The predicted octanol–water partition coefficient (Wildman–Crippen LogP) is 1.02.